The number of halogens is 2. The molecule has 4 rings (SSSR count). The summed E-state index contributed by atoms with van der Waals surface area (Å²) in [6, 6.07) is 6.12. The zero-order chi connectivity index (χ0) is 32.2. The Morgan fingerprint density at radius 1 is 1.05 bits per heavy atom. The first-order chi connectivity index (χ1) is 20.7. The third kappa shape index (κ3) is 7.67. The molecule has 13 heteroatoms. The van der Waals surface area contributed by atoms with Crippen molar-refractivity contribution >= 4 is 69.0 Å². The molecule has 1 aromatic heterocycles. The van der Waals surface area contributed by atoms with Crippen molar-refractivity contribution in [3.63, 3.8) is 0 Å². The Morgan fingerprint density at radius 3 is 2.41 bits per heavy atom. The topological polar surface area (TPSA) is 114 Å². The first-order valence-electron chi connectivity index (χ1n) is 15.0. The van der Waals surface area contributed by atoms with E-state index in [1.54, 1.807) is 36.1 Å². The highest BCUT2D eigenvalue weighted by molar-refractivity contribution is 7.16. The molecule has 2 fully saturated rings. The van der Waals surface area contributed by atoms with E-state index in [4.69, 9.17) is 23.2 Å². The van der Waals surface area contributed by atoms with Gasteiger partial charge in [0.05, 0.1) is 27.8 Å². The molecule has 2 saturated heterocycles. The minimum atomic E-state index is -1.16. The van der Waals surface area contributed by atoms with Crippen molar-refractivity contribution in [1.29, 1.82) is 0 Å². The van der Waals surface area contributed by atoms with Crippen LogP contribution >= 0.6 is 34.5 Å². The van der Waals surface area contributed by atoms with Crippen molar-refractivity contribution in [1.82, 2.24) is 20.0 Å². The van der Waals surface area contributed by atoms with Crippen molar-refractivity contribution < 1.29 is 19.2 Å². The van der Waals surface area contributed by atoms with Crippen molar-refractivity contribution in [3.8, 4) is 0 Å². The molecule has 10 nitrogen and oxygen atoms in total. The molecule has 1 atom stereocenters. The molecule has 0 spiro atoms. The molecule has 0 saturated carbocycles. The molecule has 0 bridgehead atoms. The maximum absolute atomic E-state index is 14.2. The first-order valence-corrected chi connectivity index (χ1v) is 16.6. The third-order valence-electron chi connectivity index (χ3n) is 8.28. The summed E-state index contributed by atoms with van der Waals surface area (Å²) in [5, 5.41) is 9.31. The van der Waals surface area contributed by atoms with Crippen LogP contribution in [0.4, 0.5) is 15.5 Å². The van der Waals surface area contributed by atoms with Crippen LogP contribution in [-0.2, 0) is 15.0 Å². The molecule has 1 unspecified atom stereocenters. The summed E-state index contributed by atoms with van der Waals surface area (Å²) < 4.78 is 0. The lowest BCUT2D eigenvalue weighted by Gasteiger charge is -2.47. The van der Waals surface area contributed by atoms with Crippen LogP contribution in [0.25, 0.3) is 0 Å². The predicted octanol–water partition coefficient (Wildman–Crippen LogP) is 5.66. The number of hydrogen-bond acceptors (Lipinski definition) is 6. The average Bonchev–Trinajstić information content (AvgIpc) is 3.64. The zero-order valence-electron chi connectivity index (χ0n) is 26.0. The van der Waals surface area contributed by atoms with Gasteiger partial charge in [-0.05, 0) is 62.9 Å². The Morgan fingerprint density at radius 2 is 1.75 bits per heavy atom. The van der Waals surface area contributed by atoms with Gasteiger partial charge in [0.1, 0.15) is 10.5 Å². The highest BCUT2D eigenvalue weighted by Gasteiger charge is 2.47. The summed E-state index contributed by atoms with van der Waals surface area (Å²) in [6.45, 7) is 13.5. The van der Waals surface area contributed by atoms with E-state index in [1.807, 2.05) is 27.7 Å². The van der Waals surface area contributed by atoms with Gasteiger partial charge in [0.2, 0.25) is 11.8 Å². The monoisotopic (exact) mass is 664 g/mol. The second kappa shape index (κ2) is 14.1. The maximum atomic E-state index is 14.2. The number of amides is 5. The normalized spacial score (nSPS) is 19.3. The van der Waals surface area contributed by atoms with Crippen LogP contribution in [0.1, 0.15) is 69.1 Å². The van der Waals surface area contributed by atoms with Gasteiger partial charge < -0.3 is 25.3 Å². The van der Waals surface area contributed by atoms with Gasteiger partial charge in [-0.1, -0.05) is 57.0 Å². The van der Waals surface area contributed by atoms with Crippen LogP contribution in [0.15, 0.2) is 24.3 Å². The Hall–Kier alpha value is -2.86. The molecule has 0 radical (unpaired) electrons. The number of likely N-dealkylation sites (tertiary alicyclic amines) is 1. The van der Waals surface area contributed by atoms with Crippen LogP contribution in [0.5, 0.6) is 0 Å². The lowest BCUT2D eigenvalue weighted by molar-refractivity contribution is -0.150. The van der Waals surface area contributed by atoms with Gasteiger partial charge in [-0.2, -0.15) is 0 Å². The van der Waals surface area contributed by atoms with Gasteiger partial charge in [-0.3, -0.25) is 19.7 Å². The smallest absolute Gasteiger partial charge is 0.324 e. The molecule has 5 amide bonds. The van der Waals surface area contributed by atoms with Gasteiger partial charge in [0.25, 0.3) is 5.91 Å². The Balaban J connectivity index is 1.49. The number of nitrogens with one attached hydrogen (secondary N) is 3. The van der Waals surface area contributed by atoms with Crippen molar-refractivity contribution in [2.75, 3.05) is 56.4 Å². The quantitative estimate of drug-likeness (QED) is 0.320. The van der Waals surface area contributed by atoms with Gasteiger partial charge in [0, 0.05) is 31.1 Å². The van der Waals surface area contributed by atoms with Crippen molar-refractivity contribution in [2.45, 2.75) is 64.8 Å². The number of nitrogens with zero attached hydrogens (tertiary/aromatic N) is 3. The molecule has 44 heavy (non-hydrogen) atoms. The predicted molar refractivity (Wildman–Crippen MR) is 177 cm³/mol. The molecule has 3 N–H and O–H groups in total. The number of benzene rings is 1. The van der Waals surface area contributed by atoms with E-state index >= 15 is 0 Å². The van der Waals surface area contributed by atoms with E-state index in [9.17, 15) is 19.2 Å². The number of thiophene rings is 1. The minimum absolute atomic E-state index is 0.0535. The fraction of sp³-hybridized carbons (Fsp3) is 0.548. The van der Waals surface area contributed by atoms with E-state index in [1.165, 1.54) is 29.1 Å². The summed E-state index contributed by atoms with van der Waals surface area (Å²) in [5.41, 5.74) is -0.828. The Labute approximate surface area is 273 Å². The number of rotatable bonds is 9. The fourth-order valence-electron chi connectivity index (χ4n) is 5.45. The summed E-state index contributed by atoms with van der Waals surface area (Å²) >= 11 is 13.7. The van der Waals surface area contributed by atoms with Gasteiger partial charge in [-0.15, -0.1) is 11.3 Å². The van der Waals surface area contributed by atoms with Crippen LogP contribution in [0, 0.1) is 0 Å². The zero-order valence-corrected chi connectivity index (χ0v) is 28.3. The van der Waals surface area contributed by atoms with Crippen LogP contribution in [-0.4, -0.2) is 89.8 Å². The fourth-order valence-corrected chi connectivity index (χ4v) is 6.90. The van der Waals surface area contributed by atoms with Crippen LogP contribution in [0.3, 0.4) is 0 Å². The minimum Gasteiger partial charge on any atom is -0.353 e. The van der Waals surface area contributed by atoms with E-state index in [0.717, 1.165) is 24.5 Å². The molecule has 1 aromatic carbocycles. The number of carbonyl (C=O) groups excluding carboxylic acids is 4. The van der Waals surface area contributed by atoms with Crippen LogP contribution < -0.4 is 16.0 Å². The molecule has 0 aliphatic carbocycles. The number of piperazine rings is 1. The second-order valence-corrected chi connectivity index (χ2v) is 14.3. The Bertz CT molecular complexity index is 1400. The highest BCUT2D eigenvalue weighted by atomic mass is 35.5. The van der Waals surface area contributed by atoms with Gasteiger partial charge in [-0.25, -0.2) is 4.79 Å². The van der Waals surface area contributed by atoms with Crippen LogP contribution in [0.2, 0.25) is 10.0 Å². The largest absolute Gasteiger partial charge is 0.353 e. The van der Waals surface area contributed by atoms with Crippen molar-refractivity contribution in [2.24, 2.45) is 0 Å². The molecule has 3 heterocycles. The molecule has 2 aliphatic rings. The average molecular weight is 666 g/mol. The number of urea groups is 1. The van der Waals surface area contributed by atoms with E-state index in [-0.39, 0.29) is 47.8 Å². The molecule has 240 valence electrons. The number of anilines is 2. The highest BCUT2D eigenvalue weighted by Crippen LogP contribution is 2.39. The summed E-state index contributed by atoms with van der Waals surface area (Å²) in [5.74, 6) is -0.843. The summed E-state index contributed by atoms with van der Waals surface area (Å²) in [7, 11) is 0. The third-order valence-corrected chi connectivity index (χ3v) is 10.6. The van der Waals surface area contributed by atoms with E-state index in [2.05, 4.69) is 20.9 Å². The number of carbonyl (C=O) groups is 4. The molecular weight excluding hydrogens is 623 g/mol. The second-order valence-electron chi connectivity index (χ2n) is 12.5. The molecule has 2 aliphatic heterocycles. The maximum Gasteiger partial charge on any atom is 0.324 e. The van der Waals surface area contributed by atoms with Gasteiger partial charge >= 0.3 is 6.03 Å². The van der Waals surface area contributed by atoms with E-state index < -0.39 is 11.6 Å². The summed E-state index contributed by atoms with van der Waals surface area (Å²) in [4.78, 5) is 60.0. The van der Waals surface area contributed by atoms with Crippen molar-refractivity contribution in [3.05, 3.63) is 44.8 Å². The standard InChI is InChI=1S/C31H42Cl2N6O4S/c1-6-31(5)28(42)38(19-24(40)34-12-15-37-13-7-8-14-37)16-17-39(31)27(41)20-18-23(30(2,3)4)44-26(20)36-29(43)35-22-11-9-10-21(32)25(22)33/h9-11,18H,6-8,12-17,19H2,1-5H3,(H,34,40)(H2,35,36,43). The first kappa shape index (κ1) is 34.0. The molecular formula is C31H42Cl2N6O4S. The lowest BCUT2D eigenvalue weighted by atomic mass is 9.90. The van der Waals surface area contributed by atoms with E-state index in [0.29, 0.717) is 34.2 Å². The summed E-state index contributed by atoms with van der Waals surface area (Å²) in [6.07, 6.45) is 2.73. The van der Waals surface area contributed by atoms with Gasteiger partial charge in [0.15, 0.2) is 0 Å². The Kier molecular flexibility index (Phi) is 10.9. The number of hydrogen-bond donors (Lipinski definition) is 3. The SMILES string of the molecule is CCC1(C)C(=O)N(CC(=O)NCCN2CCCC2)CCN1C(=O)c1cc(C(C)(C)C)sc1NC(=O)Nc1cccc(Cl)c1Cl. The molecule has 2 aromatic rings. The lowest BCUT2D eigenvalue weighted by Crippen LogP contribution is -2.66.